The Morgan fingerprint density at radius 1 is 1.58 bits per heavy atom. The molecule has 1 aliphatic rings. The molecule has 1 unspecified atom stereocenters. The Balaban J connectivity index is 1.92. The van der Waals surface area contributed by atoms with E-state index in [1.807, 2.05) is 6.07 Å². The lowest BCUT2D eigenvalue weighted by atomic mass is 9.95. The first kappa shape index (κ1) is 14.0. The van der Waals surface area contributed by atoms with E-state index in [0.29, 0.717) is 5.56 Å². The van der Waals surface area contributed by atoms with E-state index in [9.17, 15) is 4.79 Å². The van der Waals surface area contributed by atoms with Crippen LogP contribution in [0.4, 0.5) is 0 Å². The third-order valence-electron chi connectivity index (χ3n) is 3.86. The normalized spacial score (nSPS) is 19.9. The van der Waals surface area contributed by atoms with Crippen LogP contribution >= 0.6 is 0 Å². The number of aromatic nitrogens is 1. The Bertz CT molecular complexity index is 430. The van der Waals surface area contributed by atoms with Crippen molar-refractivity contribution in [3.05, 3.63) is 29.6 Å². The van der Waals surface area contributed by atoms with E-state index in [4.69, 9.17) is 5.84 Å². The van der Waals surface area contributed by atoms with Gasteiger partial charge in [0.05, 0.1) is 11.3 Å². The smallest absolute Gasteiger partial charge is 0.266 e. The quantitative estimate of drug-likeness (QED) is 0.485. The van der Waals surface area contributed by atoms with Crippen molar-refractivity contribution in [3.8, 4) is 0 Å². The van der Waals surface area contributed by atoms with Gasteiger partial charge >= 0.3 is 0 Å². The van der Waals surface area contributed by atoms with E-state index in [1.54, 1.807) is 12.3 Å². The molecular formula is C14H22N4O. The summed E-state index contributed by atoms with van der Waals surface area (Å²) in [7, 11) is 0. The average molecular weight is 262 g/mol. The predicted octanol–water partition coefficient (Wildman–Crippen LogP) is 1.16. The van der Waals surface area contributed by atoms with Crippen molar-refractivity contribution in [2.45, 2.75) is 26.8 Å². The van der Waals surface area contributed by atoms with Crippen LogP contribution in [0.2, 0.25) is 0 Å². The van der Waals surface area contributed by atoms with Gasteiger partial charge < -0.3 is 0 Å². The third kappa shape index (κ3) is 3.52. The molecule has 1 saturated heterocycles. The molecule has 1 atom stereocenters. The number of likely N-dealkylation sites (tertiary alicyclic amines) is 1. The van der Waals surface area contributed by atoms with Crippen LogP contribution in [0.25, 0.3) is 0 Å². The fourth-order valence-corrected chi connectivity index (χ4v) is 2.52. The number of carbonyl (C=O) groups is 1. The van der Waals surface area contributed by atoms with E-state index in [1.165, 1.54) is 6.42 Å². The maximum Gasteiger partial charge on any atom is 0.266 e. The number of hydrazine groups is 1. The highest BCUT2D eigenvalue weighted by Gasteiger charge is 2.24. The largest absolute Gasteiger partial charge is 0.297 e. The number of nitrogens with two attached hydrogens (primary N) is 1. The molecule has 0 saturated carbocycles. The van der Waals surface area contributed by atoms with Crippen molar-refractivity contribution in [1.29, 1.82) is 0 Å². The minimum atomic E-state index is -0.305. The van der Waals surface area contributed by atoms with Crippen molar-refractivity contribution in [1.82, 2.24) is 15.3 Å². The van der Waals surface area contributed by atoms with Crippen LogP contribution in [-0.2, 0) is 6.54 Å². The van der Waals surface area contributed by atoms with Gasteiger partial charge in [-0.2, -0.15) is 0 Å². The maximum atomic E-state index is 11.3. The summed E-state index contributed by atoms with van der Waals surface area (Å²) in [6.07, 6.45) is 2.85. The Morgan fingerprint density at radius 2 is 2.37 bits per heavy atom. The number of amides is 1. The second-order valence-electron chi connectivity index (χ2n) is 5.54. The molecule has 1 fully saturated rings. The zero-order chi connectivity index (χ0) is 13.8. The Morgan fingerprint density at radius 3 is 2.89 bits per heavy atom. The zero-order valence-electron chi connectivity index (χ0n) is 11.6. The lowest BCUT2D eigenvalue weighted by Crippen LogP contribution is -2.30. The van der Waals surface area contributed by atoms with Crippen LogP contribution in [-0.4, -0.2) is 28.9 Å². The van der Waals surface area contributed by atoms with E-state index in [-0.39, 0.29) is 5.91 Å². The summed E-state index contributed by atoms with van der Waals surface area (Å²) in [6.45, 7) is 7.70. The van der Waals surface area contributed by atoms with Gasteiger partial charge in [0.2, 0.25) is 0 Å². The molecule has 2 heterocycles. The van der Waals surface area contributed by atoms with Gasteiger partial charge in [0.15, 0.2) is 0 Å². The van der Waals surface area contributed by atoms with Gasteiger partial charge in [-0.1, -0.05) is 13.8 Å². The van der Waals surface area contributed by atoms with E-state index in [0.717, 1.165) is 37.2 Å². The molecule has 1 amide bonds. The molecule has 3 N–H and O–H groups in total. The van der Waals surface area contributed by atoms with E-state index >= 15 is 0 Å². The molecule has 5 nitrogen and oxygen atoms in total. The van der Waals surface area contributed by atoms with Gasteiger partial charge in [0.25, 0.3) is 5.91 Å². The van der Waals surface area contributed by atoms with Crippen LogP contribution in [0.5, 0.6) is 0 Å². The molecule has 1 aliphatic heterocycles. The first-order valence-electron chi connectivity index (χ1n) is 6.78. The molecule has 104 valence electrons. The lowest BCUT2D eigenvalue weighted by molar-refractivity contribution is 0.0953. The molecule has 2 rings (SSSR count). The topological polar surface area (TPSA) is 71.2 Å². The van der Waals surface area contributed by atoms with Crippen molar-refractivity contribution in [3.63, 3.8) is 0 Å². The second kappa shape index (κ2) is 6.12. The summed E-state index contributed by atoms with van der Waals surface area (Å²) < 4.78 is 0. The fourth-order valence-electron chi connectivity index (χ4n) is 2.52. The fraction of sp³-hybridized carbons (Fsp3) is 0.571. The summed E-state index contributed by atoms with van der Waals surface area (Å²) >= 11 is 0. The molecule has 0 radical (unpaired) electrons. The summed E-state index contributed by atoms with van der Waals surface area (Å²) in [5, 5.41) is 0. The van der Waals surface area contributed by atoms with Crippen LogP contribution in [0, 0.1) is 11.8 Å². The SMILES string of the molecule is CC(C)C1CCN(Cc2ccc(C(=O)NN)cn2)C1. The maximum absolute atomic E-state index is 11.3. The van der Waals surface area contributed by atoms with Crippen LogP contribution < -0.4 is 11.3 Å². The monoisotopic (exact) mass is 262 g/mol. The van der Waals surface area contributed by atoms with Crippen LogP contribution in [0.3, 0.4) is 0 Å². The minimum Gasteiger partial charge on any atom is -0.297 e. The number of hydrogen-bond donors (Lipinski definition) is 2. The second-order valence-corrected chi connectivity index (χ2v) is 5.54. The number of nitrogens with zero attached hydrogens (tertiary/aromatic N) is 2. The van der Waals surface area contributed by atoms with Gasteiger partial charge in [-0.05, 0) is 36.9 Å². The summed E-state index contributed by atoms with van der Waals surface area (Å²) in [5.41, 5.74) is 3.59. The van der Waals surface area contributed by atoms with E-state index < -0.39 is 0 Å². The predicted molar refractivity (Wildman–Crippen MR) is 74.1 cm³/mol. The van der Waals surface area contributed by atoms with Gasteiger partial charge in [-0.3, -0.25) is 20.1 Å². The molecule has 0 aliphatic carbocycles. The summed E-state index contributed by atoms with van der Waals surface area (Å²) in [4.78, 5) is 18.0. The molecule has 1 aromatic heterocycles. The standard InChI is InChI=1S/C14H22N4O/c1-10(2)12-5-6-18(8-12)9-13-4-3-11(7-16-13)14(19)17-15/h3-4,7,10,12H,5-6,8-9,15H2,1-2H3,(H,17,19). The van der Waals surface area contributed by atoms with Crippen LogP contribution in [0.1, 0.15) is 36.3 Å². The number of hydrogen-bond acceptors (Lipinski definition) is 4. The van der Waals surface area contributed by atoms with Crippen molar-refractivity contribution >= 4 is 5.91 Å². The molecule has 0 spiro atoms. The van der Waals surface area contributed by atoms with Gasteiger partial charge in [-0.15, -0.1) is 0 Å². The van der Waals surface area contributed by atoms with E-state index in [2.05, 4.69) is 29.2 Å². The lowest BCUT2D eigenvalue weighted by Gasteiger charge is -2.17. The van der Waals surface area contributed by atoms with Crippen molar-refractivity contribution in [2.24, 2.45) is 17.7 Å². The zero-order valence-corrected chi connectivity index (χ0v) is 11.6. The number of rotatable bonds is 4. The highest BCUT2D eigenvalue weighted by Crippen LogP contribution is 2.24. The van der Waals surface area contributed by atoms with Gasteiger partial charge in [0.1, 0.15) is 0 Å². The number of pyridine rings is 1. The first-order valence-corrected chi connectivity index (χ1v) is 6.78. The molecule has 5 heteroatoms. The molecule has 0 aromatic carbocycles. The van der Waals surface area contributed by atoms with Gasteiger partial charge in [-0.25, -0.2) is 5.84 Å². The Hall–Kier alpha value is -1.46. The third-order valence-corrected chi connectivity index (χ3v) is 3.86. The average Bonchev–Trinajstić information content (AvgIpc) is 2.87. The summed E-state index contributed by atoms with van der Waals surface area (Å²) in [6, 6.07) is 3.66. The number of nitrogen functional groups attached to an aromatic ring is 1. The van der Waals surface area contributed by atoms with Crippen molar-refractivity contribution < 1.29 is 4.79 Å². The molecule has 19 heavy (non-hydrogen) atoms. The molecule has 0 bridgehead atoms. The molecule has 1 aromatic rings. The van der Waals surface area contributed by atoms with Gasteiger partial charge in [0, 0.05) is 19.3 Å². The summed E-state index contributed by atoms with van der Waals surface area (Å²) in [5.74, 6) is 6.31. The highest BCUT2D eigenvalue weighted by molar-refractivity contribution is 5.93. The highest BCUT2D eigenvalue weighted by atomic mass is 16.2. The number of nitrogens with one attached hydrogen (secondary N) is 1. The van der Waals surface area contributed by atoms with Crippen LogP contribution in [0.15, 0.2) is 18.3 Å². The first-order chi connectivity index (χ1) is 9.10. The van der Waals surface area contributed by atoms with Crippen molar-refractivity contribution in [2.75, 3.05) is 13.1 Å². The molecular weight excluding hydrogens is 240 g/mol. The number of carbonyl (C=O) groups excluding carboxylic acids is 1. The Kier molecular flexibility index (Phi) is 4.50. The minimum absolute atomic E-state index is 0.305. The Labute approximate surface area is 114 Å².